The Hall–Kier alpha value is -1.48. The number of carboxylic acid groups (broad SMARTS) is 1. The summed E-state index contributed by atoms with van der Waals surface area (Å²) in [6.07, 6.45) is 1.55. The van der Waals surface area contributed by atoms with E-state index in [-0.39, 0.29) is 12.2 Å². The number of hydrogen-bond acceptors (Lipinski definition) is 2. The zero-order chi connectivity index (χ0) is 10.1. The van der Waals surface area contributed by atoms with Crippen LogP contribution >= 0.6 is 11.6 Å². The van der Waals surface area contributed by atoms with Gasteiger partial charge < -0.3 is 9.84 Å². The molecule has 0 bridgehead atoms. The Balaban J connectivity index is 2.52. The van der Waals surface area contributed by atoms with Gasteiger partial charge in [0, 0.05) is 5.56 Å². The predicted molar refractivity (Wildman–Crippen MR) is 52.6 cm³/mol. The molecule has 0 spiro atoms. The molecule has 0 saturated carbocycles. The van der Waals surface area contributed by atoms with Crippen LogP contribution in [0.3, 0.4) is 0 Å². The highest BCUT2D eigenvalue weighted by Crippen LogP contribution is 2.31. The third-order valence-corrected chi connectivity index (χ3v) is 2.32. The van der Waals surface area contributed by atoms with E-state index in [0.29, 0.717) is 16.3 Å². The van der Waals surface area contributed by atoms with Crippen LogP contribution in [0.2, 0.25) is 5.02 Å². The van der Waals surface area contributed by atoms with Gasteiger partial charge in [-0.3, -0.25) is 0 Å². The summed E-state index contributed by atoms with van der Waals surface area (Å²) in [6, 6.07) is 5.22. The zero-order valence-electron chi connectivity index (χ0n) is 7.16. The SMILES string of the molecule is O=C(O)C1=Cc2c(Cl)cccc2OC1. The van der Waals surface area contributed by atoms with Gasteiger partial charge in [-0.2, -0.15) is 0 Å². The van der Waals surface area contributed by atoms with E-state index in [1.165, 1.54) is 0 Å². The minimum Gasteiger partial charge on any atom is -0.488 e. The van der Waals surface area contributed by atoms with Crippen LogP contribution in [0.5, 0.6) is 5.75 Å². The molecule has 0 saturated heterocycles. The maximum absolute atomic E-state index is 10.7. The van der Waals surface area contributed by atoms with E-state index < -0.39 is 5.97 Å². The summed E-state index contributed by atoms with van der Waals surface area (Å²) in [5.74, 6) is -0.349. The molecule has 1 aromatic carbocycles. The van der Waals surface area contributed by atoms with Crippen LogP contribution in [0.1, 0.15) is 5.56 Å². The van der Waals surface area contributed by atoms with Gasteiger partial charge in [0.05, 0.1) is 10.6 Å². The van der Waals surface area contributed by atoms with Crippen molar-refractivity contribution in [2.45, 2.75) is 0 Å². The fourth-order valence-corrected chi connectivity index (χ4v) is 1.50. The molecule has 1 heterocycles. The molecule has 72 valence electrons. The maximum atomic E-state index is 10.7. The molecule has 0 aromatic heterocycles. The third-order valence-electron chi connectivity index (χ3n) is 1.99. The second-order valence-electron chi connectivity index (χ2n) is 2.92. The molecule has 0 fully saturated rings. The summed E-state index contributed by atoms with van der Waals surface area (Å²) >= 11 is 5.89. The van der Waals surface area contributed by atoms with Crippen molar-refractivity contribution in [1.29, 1.82) is 0 Å². The summed E-state index contributed by atoms with van der Waals surface area (Å²) in [5.41, 5.74) is 0.850. The molecule has 3 nitrogen and oxygen atoms in total. The van der Waals surface area contributed by atoms with Crippen LogP contribution in [0.15, 0.2) is 23.8 Å². The van der Waals surface area contributed by atoms with E-state index in [0.717, 1.165) is 0 Å². The molecule has 0 atom stereocenters. The Bertz CT molecular complexity index is 423. The normalized spacial score (nSPS) is 13.9. The first-order valence-electron chi connectivity index (χ1n) is 4.03. The highest BCUT2D eigenvalue weighted by Gasteiger charge is 2.17. The number of benzene rings is 1. The van der Waals surface area contributed by atoms with Crippen LogP contribution in [0.25, 0.3) is 6.08 Å². The Morgan fingerprint density at radius 3 is 3.00 bits per heavy atom. The highest BCUT2D eigenvalue weighted by atomic mass is 35.5. The summed E-state index contributed by atoms with van der Waals surface area (Å²) < 4.78 is 5.24. The smallest absolute Gasteiger partial charge is 0.335 e. The van der Waals surface area contributed by atoms with E-state index in [2.05, 4.69) is 0 Å². The molecule has 0 aliphatic carbocycles. The van der Waals surface area contributed by atoms with E-state index in [9.17, 15) is 4.79 Å². The topological polar surface area (TPSA) is 46.5 Å². The number of fused-ring (bicyclic) bond motifs is 1. The monoisotopic (exact) mass is 210 g/mol. The van der Waals surface area contributed by atoms with Gasteiger partial charge in [-0.25, -0.2) is 4.79 Å². The van der Waals surface area contributed by atoms with Crippen molar-refractivity contribution in [3.63, 3.8) is 0 Å². The highest BCUT2D eigenvalue weighted by molar-refractivity contribution is 6.32. The molecule has 1 N–H and O–H groups in total. The number of halogens is 1. The lowest BCUT2D eigenvalue weighted by Crippen LogP contribution is -2.14. The molecule has 0 amide bonds. The maximum Gasteiger partial charge on any atom is 0.335 e. The molecule has 14 heavy (non-hydrogen) atoms. The van der Waals surface area contributed by atoms with E-state index in [1.807, 2.05) is 0 Å². The summed E-state index contributed by atoms with van der Waals surface area (Å²) in [4.78, 5) is 10.7. The van der Waals surface area contributed by atoms with Crippen LogP contribution in [0.4, 0.5) is 0 Å². The van der Waals surface area contributed by atoms with Crippen LogP contribution in [-0.2, 0) is 4.79 Å². The van der Waals surface area contributed by atoms with Crippen molar-refractivity contribution in [3.05, 3.63) is 34.4 Å². The lowest BCUT2D eigenvalue weighted by molar-refractivity contribution is -0.132. The first-order chi connectivity index (χ1) is 6.68. The number of rotatable bonds is 1. The fourth-order valence-electron chi connectivity index (χ4n) is 1.28. The second-order valence-corrected chi connectivity index (χ2v) is 3.32. The third kappa shape index (κ3) is 1.46. The number of hydrogen-bond donors (Lipinski definition) is 1. The second kappa shape index (κ2) is 3.35. The van der Waals surface area contributed by atoms with Gasteiger partial charge in [0.25, 0.3) is 0 Å². The van der Waals surface area contributed by atoms with Crippen molar-refractivity contribution in [2.24, 2.45) is 0 Å². The minimum atomic E-state index is -0.976. The summed E-state index contributed by atoms with van der Waals surface area (Å²) in [6.45, 7) is 0.0860. The van der Waals surface area contributed by atoms with Crippen molar-refractivity contribution < 1.29 is 14.6 Å². The Kier molecular flexibility index (Phi) is 2.17. The van der Waals surface area contributed by atoms with Crippen molar-refractivity contribution in [3.8, 4) is 5.75 Å². The molecule has 1 aliphatic rings. The molecule has 0 radical (unpaired) electrons. The number of ether oxygens (including phenoxy) is 1. The largest absolute Gasteiger partial charge is 0.488 e. The molecule has 4 heteroatoms. The van der Waals surface area contributed by atoms with Crippen molar-refractivity contribution >= 4 is 23.6 Å². The Labute approximate surface area is 85.6 Å². The average Bonchev–Trinajstić information content (AvgIpc) is 2.18. The molecule has 1 aromatic rings. The fraction of sp³-hybridized carbons (Fsp3) is 0.100. The Morgan fingerprint density at radius 2 is 2.29 bits per heavy atom. The van der Waals surface area contributed by atoms with Gasteiger partial charge in [-0.05, 0) is 18.2 Å². The number of carbonyl (C=O) groups is 1. The van der Waals surface area contributed by atoms with Crippen LogP contribution in [-0.4, -0.2) is 17.7 Å². The Morgan fingerprint density at radius 1 is 1.50 bits per heavy atom. The number of aliphatic carboxylic acids is 1. The molecular formula is C10H7ClO3. The zero-order valence-corrected chi connectivity index (χ0v) is 7.91. The quantitative estimate of drug-likeness (QED) is 0.773. The standard InChI is InChI=1S/C10H7ClO3/c11-8-2-1-3-9-7(8)4-6(5-14-9)10(12)13/h1-4H,5H2,(H,12,13). The molecular weight excluding hydrogens is 204 g/mol. The van der Waals surface area contributed by atoms with Crippen LogP contribution < -0.4 is 4.74 Å². The van der Waals surface area contributed by atoms with Crippen molar-refractivity contribution in [1.82, 2.24) is 0 Å². The van der Waals surface area contributed by atoms with Gasteiger partial charge in [0.2, 0.25) is 0 Å². The first kappa shape index (κ1) is 9.09. The van der Waals surface area contributed by atoms with Crippen LogP contribution in [0, 0.1) is 0 Å². The first-order valence-corrected chi connectivity index (χ1v) is 4.41. The average molecular weight is 211 g/mol. The van der Waals surface area contributed by atoms with Gasteiger partial charge in [0.15, 0.2) is 0 Å². The summed E-state index contributed by atoms with van der Waals surface area (Å²) in [7, 11) is 0. The molecule has 0 unspecified atom stereocenters. The minimum absolute atomic E-state index is 0.0860. The van der Waals surface area contributed by atoms with E-state index >= 15 is 0 Å². The predicted octanol–water partition coefficient (Wildman–Crippen LogP) is 2.20. The number of carboxylic acids is 1. The van der Waals surface area contributed by atoms with Gasteiger partial charge in [-0.1, -0.05) is 17.7 Å². The summed E-state index contributed by atoms with van der Waals surface area (Å²) in [5, 5.41) is 9.26. The van der Waals surface area contributed by atoms with Gasteiger partial charge >= 0.3 is 5.97 Å². The molecule has 1 aliphatic heterocycles. The van der Waals surface area contributed by atoms with Gasteiger partial charge in [-0.15, -0.1) is 0 Å². The molecule has 2 rings (SSSR count). The van der Waals surface area contributed by atoms with E-state index in [1.54, 1.807) is 24.3 Å². The van der Waals surface area contributed by atoms with E-state index in [4.69, 9.17) is 21.4 Å². The lowest BCUT2D eigenvalue weighted by atomic mass is 10.1. The van der Waals surface area contributed by atoms with Gasteiger partial charge in [0.1, 0.15) is 12.4 Å². The van der Waals surface area contributed by atoms with Crippen molar-refractivity contribution in [2.75, 3.05) is 6.61 Å². The lowest BCUT2D eigenvalue weighted by Gasteiger charge is -2.16.